The maximum absolute atomic E-state index is 12.0. The summed E-state index contributed by atoms with van der Waals surface area (Å²) in [5.74, 6) is 0.0552. The summed E-state index contributed by atoms with van der Waals surface area (Å²) in [7, 11) is 0. The molecule has 0 saturated carbocycles. The standard InChI is InChI=1S/C19H16BrNO2S2/c1-13-9-15(20)7-8-17(13)24-12-18(22)23-10-16-11-25-19(21-16)14-5-3-2-4-6-14/h2-9,11H,10,12H2,1H3. The van der Waals surface area contributed by atoms with Crippen LogP contribution in [-0.4, -0.2) is 16.7 Å². The normalized spacial score (nSPS) is 10.6. The number of hydrogen-bond acceptors (Lipinski definition) is 5. The van der Waals surface area contributed by atoms with Gasteiger partial charge >= 0.3 is 5.97 Å². The smallest absolute Gasteiger partial charge is 0.316 e. The highest BCUT2D eigenvalue weighted by molar-refractivity contribution is 9.10. The Bertz CT molecular complexity index is 865. The molecule has 1 aromatic heterocycles. The Labute approximate surface area is 163 Å². The molecule has 0 radical (unpaired) electrons. The van der Waals surface area contributed by atoms with Gasteiger partial charge in [0.05, 0.1) is 11.4 Å². The highest BCUT2D eigenvalue weighted by atomic mass is 79.9. The lowest BCUT2D eigenvalue weighted by molar-refractivity contribution is -0.141. The van der Waals surface area contributed by atoms with E-state index in [9.17, 15) is 4.79 Å². The zero-order valence-electron chi connectivity index (χ0n) is 13.6. The first-order chi connectivity index (χ1) is 12.1. The Hall–Kier alpha value is -1.63. The first-order valence-corrected chi connectivity index (χ1v) is 10.3. The third-order valence-corrected chi connectivity index (χ3v) is 6.02. The molecule has 0 amide bonds. The number of rotatable bonds is 6. The van der Waals surface area contributed by atoms with Crippen molar-refractivity contribution in [3.63, 3.8) is 0 Å². The molecule has 128 valence electrons. The number of nitrogens with zero attached hydrogens (tertiary/aromatic N) is 1. The summed E-state index contributed by atoms with van der Waals surface area (Å²) >= 11 is 6.48. The van der Waals surface area contributed by atoms with Crippen LogP contribution in [0.4, 0.5) is 0 Å². The molecule has 0 aliphatic heterocycles. The molecule has 2 aromatic carbocycles. The summed E-state index contributed by atoms with van der Waals surface area (Å²) in [4.78, 5) is 17.6. The molecule has 3 nitrogen and oxygen atoms in total. The second-order valence-corrected chi connectivity index (χ2v) is 8.16. The number of thiazole rings is 1. The van der Waals surface area contributed by atoms with E-state index in [0.29, 0.717) is 0 Å². The first-order valence-electron chi connectivity index (χ1n) is 7.66. The van der Waals surface area contributed by atoms with Gasteiger partial charge < -0.3 is 4.74 Å². The van der Waals surface area contributed by atoms with Gasteiger partial charge in [-0.15, -0.1) is 23.1 Å². The number of thioether (sulfide) groups is 1. The van der Waals surface area contributed by atoms with E-state index < -0.39 is 0 Å². The van der Waals surface area contributed by atoms with Crippen LogP contribution in [0.2, 0.25) is 0 Å². The molecule has 1 heterocycles. The lowest BCUT2D eigenvalue weighted by Gasteiger charge is -2.06. The van der Waals surface area contributed by atoms with E-state index in [2.05, 4.69) is 20.9 Å². The Morgan fingerprint density at radius 1 is 1.24 bits per heavy atom. The third kappa shape index (κ3) is 5.17. The number of esters is 1. The minimum absolute atomic E-state index is 0.210. The van der Waals surface area contributed by atoms with Crippen molar-refractivity contribution in [3.8, 4) is 10.6 Å². The summed E-state index contributed by atoms with van der Waals surface area (Å²) < 4.78 is 6.37. The number of benzene rings is 2. The highest BCUT2D eigenvalue weighted by Gasteiger charge is 2.09. The fourth-order valence-corrected chi connectivity index (χ4v) is 4.29. The van der Waals surface area contributed by atoms with Crippen molar-refractivity contribution < 1.29 is 9.53 Å². The zero-order valence-corrected chi connectivity index (χ0v) is 16.8. The van der Waals surface area contributed by atoms with Gasteiger partial charge in [0, 0.05) is 20.3 Å². The Morgan fingerprint density at radius 2 is 2.04 bits per heavy atom. The van der Waals surface area contributed by atoms with Crippen molar-refractivity contribution in [2.75, 3.05) is 5.75 Å². The average Bonchev–Trinajstić information content (AvgIpc) is 3.09. The second-order valence-electron chi connectivity index (χ2n) is 5.37. The van der Waals surface area contributed by atoms with Gasteiger partial charge in [0.2, 0.25) is 0 Å². The average molecular weight is 434 g/mol. The lowest BCUT2D eigenvalue weighted by atomic mass is 10.2. The first kappa shape index (κ1) is 18.2. The molecule has 6 heteroatoms. The summed E-state index contributed by atoms with van der Waals surface area (Å²) in [5, 5.41) is 2.87. The highest BCUT2D eigenvalue weighted by Crippen LogP contribution is 2.26. The molecule has 3 rings (SSSR count). The molecular weight excluding hydrogens is 418 g/mol. The topological polar surface area (TPSA) is 39.2 Å². The van der Waals surface area contributed by atoms with Crippen molar-refractivity contribution in [1.29, 1.82) is 0 Å². The monoisotopic (exact) mass is 433 g/mol. The number of carbonyl (C=O) groups is 1. The number of carbonyl (C=O) groups excluding carboxylic acids is 1. The van der Waals surface area contributed by atoms with E-state index in [1.165, 1.54) is 11.8 Å². The van der Waals surface area contributed by atoms with Crippen LogP contribution in [0.1, 0.15) is 11.3 Å². The van der Waals surface area contributed by atoms with Crippen LogP contribution in [0.15, 0.2) is 63.3 Å². The van der Waals surface area contributed by atoms with E-state index in [-0.39, 0.29) is 18.3 Å². The predicted molar refractivity (Wildman–Crippen MR) is 107 cm³/mol. The van der Waals surface area contributed by atoms with E-state index in [4.69, 9.17) is 4.74 Å². The number of ether oxygens (including phenoxy) is 1. The molecule has 0 atom stereocenters. The van der Waals surface area contributed by atoms with Gasteiger partial charge in [0.25, 0.3) is 0 Å². The number of halogens is 1. The number of aryl methyl sites for hydroxylation is 1. The maximum Gasteiger partial charge on any atom is 0.316 e. The van der Waals surface area contributed by atoms with Crippen molar-refractivity contribution in [2.45, 2.75) is 18.4 Å². The van der Waals surface area contributed by atoms with Gasteiger partial charge in [-0.1, -0.05) is 46.3 Å². The van der Waals surface area contributed by atoms with Gasteiger partial charge in [-0.2, -0.15) is 0 Å². The molecule has 0 aliphatic rings. The lowest BCUT2D eigenvalue weighted by Crippen LogP contribution is -2.07. The minimum Gasteiger partial charge on any atom is -0.459 e. The quantitative estimate of drug-likeness (QED) is 0.368. The van der Waals surface area contributed by atoms with Crippen LogP contribution in [0.25, 0.3) is 10.6 Å². The predicted octanol–water partition coefficient (Wildman–Crippen LogP) is 5.72. The largest absolute Gasteiger partial charge is 0.459 e. The Kier molecular flexibility index (Phi) is 6.29. The third-order valence-electron chi connectivity index (χ3n) is 3.44. The Morgan fingerprint density at radius 3 is 2.80 bits per heavy atom. The van der Waals surface area contributed by atoms with Crippen molar-refractivity contribution in [3.05, 3.63) is 69.6 Å². The van der Waals surface area contributed by atoms with Crippen LogP contribution in [0.5, 0.6) is 0 Å². The molecule has 0 aliphatic carbocycles. The molecule has 3 aromatic rings. The zero-order chi connectivity index (χ0) is 17.6. The van der Waals surface area contributed by atoms with Crippen LogP contribution < -0.4 is 0 Å². The minimum atomic E-state index is -0.235. The van der Waals surface area contributed by atoms with Crippen molar-refractivity contribution >= 4 is 45.0 Å². The summed E-state index contributed by atoms with van der Waals surface area (Å²) in [6.45, 7) is 2.24. The van der Waals surface area contributed by atoms with Gasteiger partial charge in [0.15, 0.2) is 0 Å². The molecule has 25 heavy (non-hydrogen) atoms. The summed E-state index contributed by atoms with van der Waals surface area (Å²) in [6, 6.07) is 16.0. The van der Waals surface area contributed by atoms with Crippen LogP contribution in [0.3, 0.4) is 0 Å². The van der Waals surface area contributed by atoms with E-state index in [1.807, 2.05) is 60.8 Å². The van der Waals surface area contributed by atoms with E-state index in [1.54, 1.807) is 11.3 Å². The van der Waals surface area contributed by atoms with Gasteiger partial charge in [-0.25, -0.2) is 4.98 Å². The number of hydrogen-bond donors (Lipinski definition) is 0. The molecule has 0 spiro atoms. The summed E-state index contributed by atoms with van der Waals surface area (Å²) in [6.07, 6.45) is 0. The Balaban J connectivity index is 1.50. The SMILES string of the molecule is Cc1cc(Br)ccc1SCC(=O)OCc1csc(-c2ccccc2)n1. The van der Waals surface area contributed by atoms with Crippen molar-refractivity contribution in [2.24, 2.45) is 0 Å². The molecule has 0 saturated heterocycles. The fourth-order valence-electron chi connectivity index (χ4n) is 2.19. The van der Waals surface area contributed by atoms with Gasteiger partial charge in [0.1, 0.15) is 11.6 Å². The van der Waals surface area contributed by atoms with Gasteiger partial charge in [-0.3, -0.25) is 4.79 Å². The van der Waals surface area contributed by atoms with Crippen LogP contribution in [-0.2, 0) is 16.1 Å². The van der Waals surface area contributed by atoms with Crippen LogP contribution >= 0.6 is 39.0 Å². The van der Waals surface area contributed by atoms with E-state index >= 15 is 0 Å². The maximum atomic E-state index is 12.0. The fraction of sp³-hybridized carbons (Fsp3) is 0.158. The molecule has 0 unspecified atom stereocenters. The van der Waals surface area contributed by atoms with Gasteiger partial charge in [-0.05, 0) is 30.7 Å². The van der Waals surface area contributed by atoms with Crippen LogP contribution in [0, 0.1) is 6.92 Å². The summed E-state index contributed by atoms with van der Waals surface area (Å²) in [5.41, 5.74) is 2.99. The molecule has 0 bridgehead atoms. The van der Waals surface area contributed by atoms with Crippen molar-refractivity contribution in [1.82, 2.24) is 4.98 Å². The number of aromatic nitrogens is 1. The van der Waals surface area contributed by atoms with E-state index in [0.717, 1.165) is 31.2 Å². The molecule has 0 N–H and O–H groups in total. The molecular formula is C19H16BrNO2S2. The molecule has 0 fully saturated rings. The second kappa shape index (κ2) is 8.65.